The standard InChI is InChI=1S/C28H37N5O3/c1-16(2)9-19-11-20(12-19)27-30-31-28(33(27)22-6-7-22)21(13-23-15-26(35)32-36-23)14-25(34)29-24-8-5-17(3)10-18(24)4/h5,8,10,15-16,19-22H,6-7,9,11-14H2,1-4H3,(H,29,34)(H,32,35)/t19-,20+,21?. The maximum atomic E-state index is 13.2. The Bertz CT molecular complexity index is 1220. The summed E-state index contributed by atoms with van der Waals surface area (Å²) in [5.41, 5.74) is 3.01. The number of carbonyl (C=O) groups is 1. The molecule has 2 aliphatic rings. The average Bonchev–Trinajstić information content (AvgIpc) is 3.40. The van der Waals surface area contributed by atoms with Crippen LogP contribution in [0.15, 0.2) is 28.8 Å². The van der Waals surface area contributed by atoms with Gasteiger partial charge in [0.25, 0.3) is 5.88 Å². The zero-order valence-corrected chi connectivity index (χ0v) is 21.7. The first-order valence-electron chi connectivity index (χ1n) is 13.2. The lowest BCUT2D eigenvalue weighted by Gasteiger charge is -2.36. The van der Waals surface area contributed by atoms with Crippen molar-refractivity contribution >= 4 is 11.6 Å². The molecule has 0 aliphatic heterocycles. The fourth-order valence-electron chi connectivity index (χ4n) is 5.66. The molecule has 0 spiro atoms. The first-order chi connectivity index (χ1) is 17.3. The second-order valence-corrected chi connectivity index (χ2v) is 11.3. The van der Waals surface area contributed by atoms with Crippen LogP contribution in [0.1, 0.15) is 98.8 Å². The Hall–Kier alpha value is -3.16. The number of aromatic nitrogens is 4. The van der Waals surface area contributed by atoms with Crippen molar-refractivity contribution in [1.82, 2.24) is 19.9 Å². The number of hydrogen-bond donors (Lipinski definition) is 2. The number of nitrogens with one attached hydrogen (secondary N) is 1. The molecule has 2 N–H and O–H groups in total. The van der Waals surface area contributed by atoms with Crippen molar-refractivity contribution in [2.45, 2.75) is 90.5 Å². The Morgan fingerprint density at radius 3 is 2.61 bits per heavy atom. The summed E-state index contributed by atoms with van der Waals surface area (Å²) in [6.45, 7) is 8.61. The van der Waals surface area contributed by atoms with Crippen LogP contribution in [0.5, 0.6) is 5.88 Å². The minimum atomic E-state index is -0.239. The zero-order chi connectivity index (χ0) is 25.4. The third-order valence-electron chi connectivity index (χ3n) is 7.51. The number of aromatic hydroxyl groups is 1. The number of amides is 1. The molecule has 5 rings (SSSR count). The van der Waals surface area contributed by atoms with Crippen LogP contribution >= 0.6 is 0 Å². The number of nitrogens with zero attached hydrogens (tertiary/aromatic N) is 4. The van der Waals surface area contributed by atoms with E-state index in [9.17, 15) is 9.90 Å². The lowest BCUT2D eigenvalue weighted by atomic mass is 9.71. The summed E-state index contributed by atoms with van der Waals surface area (Å²) in [5, 5.41) is 25.8. The van der Waals surface area contributed by atoms with Gasteiger partial charge in [0, 0.05) is 42.5 Å². The van der Waals surface area contributed by atoms with E-state index in [4.69, 9.17) is 4.52 Å². The van der Waals surface area contributed by atoms with Crippen molar-refractivity contribution in [3.05, 3.63) is 52.8 Å². The molecule has 1 atom stereocenters. The van der Waals surface area contributed by atoms with Crippen LogP contribution in [0.3, 0.4) is 0 Å². The SMILES string of the molecule is Cc1ccc(NC(=O)CC(Cc2cc(O)no2)c2nnc([C@H]3C[C@@H](CC(C)C)C3)n2C2CC2)c(C)c1. The smallest absolute Gasteiger partial charge is 0.251 e. The Morgan fingerprint density at radius 2 is 1.97 bits per heavy atom. The van der Waals surface area contributed by atoms with E-state index in [1.54, 1.807) is 0 Å². The average molecular weight is 492 g/mol. The highest BCUT2D eigenvalue weighted by molar-refractivity contribution is 5.92. The molecule has 2 fully saturated rings. The number of carbonyl (C=O) groups excluding carboxylic acids is 1. The van der Waals surface area contributed by atoms with Crippen LogP contribution in [-0.2, 0) is 11.2 Å². The number of anilines is 1. The van der Waals surface area contributed by atoms with Crippen molar-refractivity contribution in [2.75, 3.05) is 5.32 Å². The van der Waals surface area contributed by atoms with E-state index in [1.165, 1.54) is 12.5 Å². The summed E-state index contributed by atoms with van der Waals surface area (Å²) in [6, 6.07) is 7.92. The van der Waals surface area contributed by atoms with Crippen molar-refractivity contribution in [2.24, 2.45) is 11.8 Å². The van der Waals surface area contributed by atoms with Gasteiger partial charge >= 0.3 is 0 Å². The van der Waals surface area contributed by atoms with Crippen LogP contribution in [0, 0.1) is 25.7 Å². The predicted octanol–water partition coefficient (Wildman–Crippen LogP) is 5.82. The Labute approximate surface area is 212 Å². The highest BCUT2D eigenvalue weighted by Crippen LogP contribution is 2.48. The highest BCUT2D eigenvalue weighted by atomic mass is 16.5. The number of benzene rings is 1. The van der Waals surface area contributed by atoms with E-state index in [0.717, 1.165) is 60.1 Å². The van der Waals surface area contributed by atoms with Crippen LogP contribution in [0.4, 0.5) is 5.69 Å². The quantitative estimate of drug-likeness (QED) is 0.370. The van der Waals surface area contributed by atoms with Crippen molar-refractivity contribution in [3.8, 4) is 5.88 Å². The van der Waals surface area contributed by atoms with Crippen molar-refractivity contribution in [1.29, 1.82) is 0 Å². The molecule has 8 nitrogen and oxygen atoms in total. The van der Waals surface area contributed by atoms with Crippen LogP contribution < -0.4 is 5.32 Å². The second kappa shape index (κ2) is 10.1. The number of hydrogen-bond acceptors (Lipinski definition) is 6. The molecule has 8 heteroatoms. The summed E-state index contributed by atoms with van der Waals surface area (Å²) in [7, 11) is 0. The molecule has 1 unspecified atom stereocenters. The number of aryl methyl sites for hydroxylation is 2. The minimum Gasteiger partial charge on any atom is -0.491 e. The highest BCUT2D eigenvalue weighted by Gasteiger charge is 2.40. The van der Waals surface area contributed by atoms with Crippen LogP contribution in [0.2, 0.25) is 0 Å². The molecular weight excluding hydrogens is 454 g/mol. The molecule has 0 bridgehead atoms. The van der Waals surface area contributed by atoms with E-state index in [1.807, 2.05) is 26.0 Å². The van der Waals surface area contributed by atoms with Gasteiger partial charge in [0.1, 0.15) is 17.4 Å². The lowest BCUT2D eigenvalue weighted by Crippen LogP contribution is -2.26. The first kappa shape index (κ1) is 24.5. The molecule has 0 saturated heterocycles. The second-order valence-electron chi connectivity index (χ2n) is 11.3. The molecule has 1 aromatic carbocycles. The van der Waals surface area contributed by atoms with Gasteiger partial charge in [0.05, 0.1) is 0 Å². The normalized spacial score (nSPS) is 20.4. The summed E-state index contributed by atoms with van der Waals surface area (Å²) in [4.78, 5) is 13.2. The van der Waals surface area contributed by atoms with E-state index in [2.05, 4.69) is 45.2 Å². The van der Waals surface area contributed by atoms with Crippen molar-refractivity contribution < 1.29 is 14.4 Å². The molecule has 2 aliphatic carbocycles. The Kier molecular flexibility index (Phi) is 6.86. The van der Waals surface area contributed by atoms with E-state index >= 15 is 0 Å². The molecule has 2 aromatic heterocycles. The third-order valence-corrected chi connectivity index (χ3v) is 7.51. The van der Waals surface area contributed by atoms with Gasteiger partial charge in [-0.3, -0.25) is 4.79 Å². The lowest BCUT2D eigenvalue weighted by molar-refractivity contribution is -0.116. The van der Waals surface area contributed by atoms with Gasteiger partial charge in [0.15, 0.2) is 0 Å². The molecule has 2 heterocycles. The molecular formula is C28H37N5O3. The fraction of sp³-hybridized carbons (Fsp3) is 0.571. The van der Waals surface area contributed by atoms with Gasteiger partial charge in [-0.05, 0) is 74.6 Å². The largest absolute Gasteiger partial charge is 0.491 e. The predicted molar refractivity (Wildman–Crippen MR) is 137 cm³/mol. The monoisotopic (exact) mass is 491 g/mol. The Balaban J connectivity index is 1.38. The summed E-state index contributed by atoms with van der Waals surface area (Å²) >= 11 is 0. The molecule has 36 heavy (non-hydrogen) atoms. The summed E-state index contributed by atoms with van der Waals surface area (Å²) in [6.07, 6.45) is 6.47. The van der Waals surface area contributed by atoms with Gasteiger partial charge in [-0.25, -0.2) is 0 Å². The molecule has 0 radical (unpaired) electrons. The van der Waals surface area contributed by atoms with E-state index < -0.39 is 0 Å². The molecule has 192 valence electrons. The van der Waals surface area contributed by atoms with E-state index in [0.29, 0.717) is 30.1 Å². The van der Waals surface area contributed by atoms with Crippen LogP contribution in [-0.4, -0.2) is 30.9 Å². The maximum Gasteiger partial charge on any atom is 0.251 e. The van der Waals surface area contributed by atoms with Gasteiger partial charge in [0.2, 0.25) is 5.91 Å². The topological polar surface area (TPSA) is 106 Å². The van der Waals surface area contributed by atoms with Crippen LogP contribution in [0.25, 0.3) is 0 Å². The molecule has 2 saturated carbocycles. The minimum absolute atomic E-state index is 0.0803. The van der Waals surface area contributed by atoms with Gasteiger partial charge < -0.3 is 19.5 Å². The summed E-state index contributed by atoms with van der Waals surface area (Å²) < 4.78 is 7.63. The third kappa shape index (κ3) is 5.47. The van der Waals surface area contributed by atoms with Gasteiger partial charge in [-0.1, -0.05) is 31.5 Å². The number of rotatable bonds is 10. The summed E-state index contributed by atoms with van der Waals surface area (Å²) in [5.74, 6) is 3.89. The van der Waals surface area contributed by atoms with E-state index in [-0.39, 0.29) is 24.1 Å². The Morgan fingerprint density at radius 1 is 1.19 bits per heavy atom. The molecule has 1 amide bonds. The van der Waals surface area contributed by atoms with Gasteiger partial charge in [-0.15, -0.1) is 10.2 Å². The fourth-order valence-corrected chi connectivity index (χ4v) is 5.66. The first-order valence-corrected chi connectivity index (χ1v) is 13.2. The van der Waals surface area contributed by atoms with Gasteiger partial charge in [-0.2, -0.15) is 0 Å². The zero-order valence-electron chi connectivity index (χ0n) is 21.7. The molecule has 3 aromatic rings. The maximum absolute atomic E-state index is 13.2. The van der Waals surface area contributed by atoms with Crippen molar-refractivity contribution in [3.63, 3.8) is 0 Å².